The van der Waals surface area contributed by atoms with Crippen molar-refractivity contribution in [3.8, 4) is 5.75 Å². The lowest BCUT2D eigenvalue weighted by molar-refractivity contribution is 0.475. The zero-order valence-corrected chi connectivity index (χ0v) is 9.71. The first-order valence-electron chi connectivity index (χ1n) is 4.78. The van der Waals surface area contributed by atoms with Crippen molar-refractivity contribution in [2.45, 2.75) is 0 Å². The molecule has 0 atom stereocenters. The Morgan fingerprint density at radius 1 is 0.824 bits per heavy atom. The van der Waals surface area contributed by atoms with E-state index in [0.29, 0.717) is 11.4 Å². The van der Waals surface area contributed by atoms with Crippen LogP contribution in [0.5, 0.6) is 5.75 Å². The van der Waals surface area contributed by atoms with E-state index in [9.17, 15) is 8.42 Å². The van der Waals surface area contributed by atoms with Crippen molar-refractivity contribution in [3.63, 3.8) is 0 Å². The minimum absolute atomic E-state index is 0.322. The summed E-state index contributed by atoms with van der Waals surface area (Å²) in [5.74, 6) is 0.322. The van der Waals surface area contributed by atoms with Gasteiger partial charge in [-0.3, -0.25) is 0 Å². The van der Waals surface area contributed by atoms with Gasteiger partial charge < -0.3 is 5.11 Å². The van der Waals surface area contributed by atoms with Gasteiger partial charge in [0.05, 0.1) is 5.69 Å². The minimum Gasteiger partial charge on any atom is -0.508 e. The van der Waals surface area contributed by atoms with Crippen molar-refractivity contribution in [2.75, 3.05) is 0 Å². The lowest BCUT2D eigenvalue weighted by atomic mass is 10.3. The molecule has 0 spiro atoms. The van der Waals surface area contributed by atoms with Crippen molar-refractivity contribution >= 4 is 16.2 Å². The maximum Gasteiger partial charge on any atom is 0.316 e. The second kappa shape index (κ2) is 7.19. The molecule has 0 fully saturated rings. The predicted octanol–water partition coefficient (Wildman–Crippen LogP) is 2.77. The van der Waals surface area contributed by atoms with E-state index < -0.39 is 10.5 Å². The van der Waals surface area contributed by atoms with Crippen molar-refractivity contribution in [2.24, 2.45) is 4.36 Å². The monoisotopic (exact) mass is 249 g/mol. The molecule has 0 aliphatic carbocycles. The number of para-hydroxylation sites is 1. The van der Waals surface area contributed by atoms with E-state index in [-0.39, 0.29) is 0 Å². The highest BCUT2D eigenvalue weighted by atomic mass is 32.2. The fourth-order valence-electron chi connectivity index (χ4n) is 1.00. The third-order valence-electron chi connectivity index (χ3n) is 1.69. The van der Waals surface area contributed by atoms with Crippen LogP contribution in [0.25, 0.3) is 0 Å². The second-order valence-electron chi connectivity index (χ2n) is 2.98. The molecule has 2 aromatic carbocycles. The highest BCUT2D eigenvalue weighted by Crippen LogP contribution is 2.08. The molecule has 17 heavy (non-hydrogen) atoms. The summed E-state index contributed by atoms with van der Waals surface area (Å²) in [5.41, 5.74) is 0.454. The molecule has 1 N–H and O–H groups in total. The number of aromatic hydroxyl groups is 1. The molecule has 0 aromatic heterocycles. The van der Waals surface area contributed by atoms with Gasteiger partial charge in [0.15, 0.2) is 0 Å². The first-order valence-corrected chi connectivity index (χ1v) is 5.82. The SMILES string of the molecule is O=S(=O)=Nc1ccccc1.Oc1ccccc1. The van der Waals surface area contributed by atoms with Crippen LogP contribution in [0.3, 0.4) is 0 Å². The molecule has 5 heteroatoms. The van der Waals surface area contributed by atoms with Crippen LogP contribution in [0.15, 0.2) is 65.0 Å². The van der Waals surface area contributed by atoms with Crippen LogP contribution >= 0.6 is 0 Å². The van der Waals surface area contributed by atoms with E-state index >= 15 is 0 Å². The number of hydrogen-bond acceptors (Lipinski definition) is 4. The van der Waals surface area contributed by atoms with Crippen LogP contribution in [0.1, 0.15) is 0 Å². The number of benzene rings is 2. The summed E-state index contributed by atoms with van der Waals surface area (Å²) in [4.78, 5) is 0. The Balaban J connectivity index is 0.000000181. The molecule has 0 saturated carbocycles. The topological polar surface area (TPSA) is 66.7 Å². The average Bonchev–Trinajstić information content (AvgIpc) is 2.31. The second-order valence-corrected chi connectivity index (χ2v) is 3.60. The molecule has 0 saturated heterocycles. The van der Waals surface area contributed by atoms with E-state index in [0.717, 1.165) is 0 Å². The van der Waals surface area contributed by atoms with Gasteiger partial charge in [-0.25, -0.2) is 0 Å². The molecule has 4 nitrogen and oxygen atoms in total. The molecule has 2 aromatic rings. The van der Waals surface area contributed by atoms with Gasteiger partial charge in [-0.2, -0.15) is 8.42 Å². The summed E-state index contributed by atoms with van der Waals surface area (Å²) < 4.78 is 23.3. The lowest BCUT2D eigenvalue weighted by Gasteiger charge is -1.83. The zero-order valence-electron chi connectivity index (χ0n) is 8.89. The van der Waals surface area contributed by atoms with E-state index in [2.05, 4.69) is 4.36 Å². The predicted molar refractivity (Wildman–Crippen MR) is 65.6 cm³/mol. The van der Waals surface area contributed by atoms with Crippen molar-refractivity contribution < 1.29 is 13.5 Å². The highest BCUT2D eigenvalue weighted by molar-refractivity contribution is 7.61. The molecule has 0 amide bonds. The average molecular weight is 249 g/mol. The van der Waals surface area contributed by atoms with Gasteiger partial charge in [0.2, 0.25) is 0 Å². The lowest BCUT2D eigenvalue weighted by Crippen LogP contribution is -1.60. The number of phenolic OH excluding ortho intramolecular Hbond substituents is 1. The number of phenols is 1. The standard InChI is InChI=1S/C6H5NO2S.C6H6O/c8-10(9)7-6-4-2-1-3-5-6;7-6-4-2-1-3-5-6/h1-5H;1-5,7H. The summed E-state index contributed by atoms with van der Waals surface area (Å²) in [7, 11) is -2.34. The van der Waals surface area contributed by atoms with Crippen molar-refractivity contribution in [3.05, 3.63) is 60.7 Å². The van der Waals surface area contributed by atoms with Gasteiger partial charge in [-0.15, -0.1) is 4.36 Å². The zero-order chi connectivity index (χ0) is 12.5. The Labute approximate surface area is 101 Å². The summed E-state index contributed by atoms with van der Waals surface area (Å²) in [6.45, 7) is 0. The normalized spacial score (nSPS) is 8.71. The summed E-state index contributed by atoms with van der Waals surface area (Å²) in [5, 5.41) is 8.63. The number of hydrogen-bond donors (Lipinski definition) is 1. The van der Waals surface area contributed by atoms with Gasteiger partial charge in [-0.1, -0.05) is 36.4 Å². The van der Waals surface area contributed by atoms with Crippen LogP contribution in [0.2, 0.25) is 0 Å². The van der Waals surface area contributed by atoms with Crippen molar-refractivity contribution in [1.82, 2.24) is 0 Å². The smallest absolute Gasteiger partial charge is 0.316 e. The Morgan fingerprint density at radius 2 is 1.29 bits per heavy atom. The fraction of sp³-hybridized carbons (Fsp3) is 0. The van der Waals surface area contributed by atoms with Gasteiger partial charge in [0.1, 0.15) is 5.75 Å². The highest BCUT2D eigenvalue weighted by Gasteiger charge is 1.82. The minimum atomic E-state index is -2.34. The molecular weight excluding hydrogens is 238 g/mol. The van der Waals surface area contributed by atoms with Gasteiger partial charge in [0, 0.05) is 0 Å². The molecular formula is C12H11NO3S. The van der Waals surface area contributed by atoms with E-state index in [1.807, 2.05) is 6.07 Å². The quantitative estimate of drug-likeness (QED) is 0.845. The van der Waals surface area contributed by atoms with Gasteiger partial charge >= 0.3 is 10.5 Å². The first kappa shape index (κ1) is 12.9. The van der Waals surface area contributed by atoms with E-state index in [1.165, 1.54) is 0 Å². The molecule has 2 rings (SSSR count). The van der Waals surface area contributed by atoms with Gasteiger partial charge in [0.25, 0.3) is 0 Å². The number of rotatable bonds is 1. The Bertz CT molecular complexity index is 557. The first-order chi connectivity index (χ1) is 8.18. The third kappa shape index (κ3) is 6.11. The largest absolute Gasteiger partial charge is 0.508 e. The number of nitrogens with zero attached hydrogens (tertiary/aromatic N) is 1. The van der Waals surface area contributed by atoms with Crippen LogP contribution in [-0.2, 0) is 10.5 Å². The van der Waals surface area contributed by atoms with Crippen LogP contribution in [-0.4, -0.2) is 13.5 Å². The van der Waals surface area contributed by atoms with Crippen LogP contribution in [0.4, 0.5) is 5.69 Å². The third-order valence-corrected chi connectivity index (χ3v) is 2.05. The van der Waals surface area contributed by atoms with E-state index in [1.54, 1.807) is 54.6 Å². The molecule has 0 radical (unpaired) electrons. The molecule has 0 unspecified atom stereocenters. The Morgan fingerprint density at radius 3 is 1.65 bits per heavy atom. The Hall–Kier alpha value is -2.14. The summed E-state index contributed by atoms with van der Waals surface area (Å²) in [6, 6.07) is 17.2. The summed E-state index contributed by atoms with van der Waals surface area (Å²) >= 11 is 0. The summed E-state index contributed by atoms with van der Waals surface area (Å²) in [6.07, 6.45) is 0. The molecule has 0 aliphatic rings. The van der Waals surface area contributed by atoms with Crippen LogP contribution < -0.4 is 0 Å². The molecule has 0 bridgehead atoms. The maximum absolute atomic E-state index is 10.0. The molecule has 0 aliphatic heterocycles. The van der Waals surface area contributed by atoms with Crippen molar-refractivity contribution in [1.29, 1.82) is 0 Å². The fourth-order valence-corrected chi connectivity index (χ4v) is 1.30. The van der Waals surface area contributed by atoms with Gasteiger partial charge in [-0.05, 0) is 24.3 Å². The Kier molecular flexibility index (Phi) is 5.46. The molecule has 0 heterocycles. The van der Waals surface area contributed by atoms with Crippen LogP contribution in [0, 0.1) is 0 Å². The maximum atomic E-state index is 10.0. The molecule has 88 valence electrons. The van der Waals surface area contributed by atoms with E-state index in [4.69, 9.17) is 5.11 Å².